The van der Waals surface area contributed by atoms with E-state index in [2.05, 4.69) is 10.1 Å². The van der Waals surface area contributed by atoms with Crippen molar-refractivity contribution in [1.82, 2.24) is 15.0 Å². The van der Waals surface area contributed by atoms with Crippen molar-refractivity contribution < 1.29 is 14.1 Å². The molecule has 0 bridgehead atoms. The van der Waals surface area contributed by atoms with Crippen molar-refractivity contribution in [3.8, 4) is 0 Å². The van der Waals surface area contributed by atoms with Gasteiger partial charge in [0.15, 0.2) is 5.82 Å². The van der Waals surface area contributed by atoms with E-state index in [1.54, 1.807) is 0 Å². The highest BCUT2D eigenvalue weighted by atomic mass is 16.5. The fourth-order valence-corrected chi connectivity index (χ4v) is 3.58. The Labute approximate surface area is 130 Å². The lowest BCUT2D eigenvalue weighted by Gasteiger charge is -2.34. The first-order chi connectivity index (χ1) is 10.6. The number of likely N-dealkylation sites (N-methyl/N-ethyl adjacent to an activating group) is 1. The second kappa shape index (κ2) is 6.34. The van der Waals surface area contributed by atoms with Crippen LogP contribution in [0.5, 0.6) is 0 Å². The van der Waals surface area contributed by atoms with Gasteiger partial charge in [0.25, 0.3) is 0 Å². The predicted octanol–water partition coefficient (Wildman–Crippen LogP) is 1.19. The first kappa shape index (κ1) is 15.4. The van der Waals surface area contributed by atoms with Crippen LogP contribution >= 0.6 is 0 Å². The van der Waals surface area contributed by atoms with Crippen LogP contribution in [0.15, 0.2) is 4.52 Å². The molecule has 1 saturated carbocycles. The van der Waals surface area contributed by atoms with Crippen molar-refractivity contribution in [3.63, 3.8) is 0 Å². The summed E-state index contributed by atoms with van der Waals surface area (Å²) in [6.45, 7) is 1.97. The molecule has 7 heteroatoms. The third kappa shape index (κ3) is 2.87. The predicted molar refractivity (Wildman–Crippen MR) is 79.0 cm³/mol. The maximum Gasteiger partial charge on any atom is 0.237 e. The lowest BCUT2D eigenvalue weighted by Crippen LogP contribution is -2.53. The number of aromatic nitrogens is 2. The van der Waals surface area contributed by atoms with Crippen LogP contribution in [0.3, 0.4) is 0 Å². The van der Waals surface area contributed by atoms with Gasteiger partial charge in [-0.25, -0.2) is 0 Å². The highest BCUT2D eigenvalue weighted by molar-refractivity contribution is 5.84. The molecule has 7 nitrogen and oxygen atoms in total. The first-order valence-corrected chi connectivity index (χ1v) is 8.03. The molecule has 1 saturated heterocycles. The summed E-state index contributed by atoms with van der Waals surface area (Å²) < 4.78 is 10.8. The highest BCUT2D eigenvalue weighted by Gasteiger charge is 2.43. The monoisotopic (exact) mass is 308 g/mol. The van der Waals surface area contributed by atoms with E-state index < -0.39 is 5.54 Å². The van der Waals surface area contributed by atoms with Gasteiger partial charge >= 0.3 is 0 Å². The summed E-state index contributed by atoms with van der Waals surface area (Å²) in [6, 6.07) is 0. The van der Waals surface area contributed by atoms with Gasteiger partial charge in [-0.05, 0) is 32.7 Å². The summed E-state index contributed by atoms with van der Waals surface area (Å²) in [6.07, 6.45) is 5.53. The summed E-state index contributed by atoms with van der Waals surface area (Å²) in [5, 5.41) is 4.07. The van der Waals surface area contributed by atoms with Crippen LogP contribution in [0, 0.1) is 0 Å². The summed E-state index contributed by atoms with van der Waals surface area (Å²) in [7, 11) is 1.92. The van der Waals surface area contributed by atoms with E-state index in [0.29, 0.717) is 18.3 Å². The Hall–Kier alpha value is -1.47. The van der Waals surface area contributed by atoms with Gasteiger partial charge in [-0.1, -0.05) is 18.0 Å². The molecule has 0 spiro atoms. The van der Waals surface area contributed by atoms with Gasteiger partial charge in [0.05, 0.1) is 6.54 Å². The molecular weight excluding hydrogens is 284 g/mol. The largest absolute Gasteiger partial charge is 0.381 e. The zero-order chi connectivity index (χ0) is 15.6. The normalized spacial score (nSPS) is 22.3. The van der Waals surface area contributed by atoms with Gasteiger partial charge in [-0.15, -0.1) is 0 Å². The van der Waals surface area contributed by atoms with Crippen molar-refractivity contribution >= 4 is 5.91 Å². The van der Waals surface area contributed by atoms with Crippen molar-refractivity contribution in [3.05, 3.63) is 11.7 Å². The van der Waals surface area contributed by atoms with Gasteiger partial charge in [0.2, 0.25) is 11.8 Å². The Bertz CT molecular complexity index is 519. The Balaban J connectivity index is 1.67. The van der Waals surface area contributed by atoms with Gasteiger partial charge < -0.3 is 15.0 Å². The van der Waals surface area contributed by atoms with Crippen molar-refractivity contribution in [2.45, 2.75) is 56.5 Å². The minimum Gasteiger partial charge on any atom is -0.381 e. The zero-order valence-corrected chi connectivity index (χ0v) is 13.1. The van der Waals surface area contributed by atoms with Gasteiger partial charge in [-0.3, -0.25) is 9.69 Å². The Kier molecular flexibility index (Phi) is 4.44. The lowest BCUT2D eigenvalue weighted by atomic mass is 9.94. The van der Waals surface area contributed by atoms with Crippen LogP contribution in [0.2, 0.25) is 0 Å². The smallest absolute Gasteiger partial charge is 0.237 e. The molecule has 3 rings (SSSR count). The Morgan fingerprint density at radius 2 is 2.05 bits per heavy atom. The van der Waals surface area contributed by atoms with Crippen LogP contribution in [-0.4, -0.2) is 46.7 Å². The van der Waals surface area contributed by atoms with Gasteiger partial charge in [-0.2, -0.15) is 4.98 Å². The van der Waals surface area contributed by atoms with Crippen LogP contribution in [0.1, 0.15) is 56.2 Å². The van der Waals surface area contributed by atoms with E-state index in [-0.39, 0.29) is 11.8 Å². The number of hydrogen-bond donors (Lipinski definition) is 1. The van der Waals surface area contributed by atoms with E-state index in [4.69, 9.17) is 15.0 Å². The molecule has 2 fully saturated rings. The molecule has 2 heterocycles. The molecule has 2 N–H and O–H groups in total. The molecule has 1 aromatic rings. The van der Waals surface area contributed by atoms with Gasteiger partial charge in [0.1, 0.15) is 5.54 Å². The molecule has 1 aliphatic heterocycles. The van der Waals surface area contributed by atoms with Crippen molar-refractivity contribution in [1.29, 1.82) is 0 Å². The molecule has 1 aromatic heterocycles. The number of rotatable bonds is 5. The Morgan fingerprint density at radius 3 is 2.68 bits per heavy atom. The summed E-state index contributed by atoms with van der Waals surface area (Å²) in [4.78, 5) is 18.4. The van der Waals surface area contributed by atoms with Crippen LogP contribution in [0.25, 0.3) is 0 Å². The van der Waals surface area contributed by atoms with Crippen molar-refractivity contribution in [2.24, 2.45) is 5.73 Å². The van der Waals surface area contributed by atoms with Crippen LogP contribution in [-0.2, 0) is 16.1 Å². The quantitative estimate of drug-likeness (QED) is 0.878. The number of carbonyl (C=O) groups excluding carboxylic acids is 1. The topological polar surface area (TPSA) is 94.5 Å². The number of amides is 1. The molecule has 2 aliphatic rings. The minimum atomic E-state index is -0.556. The molecular formula is C15H24N4O3. The second-order valence-corrected chi connectivity index (χ2v) is 6.39. The maximum absolute atomic E-state index is 11.9. The molecule has 1 amide bonds. The lowest BCUT2D eigenvalue weighted by molar-refractivity contribution is -0.129. The van der Waals surface area contributed by atoms with E-state index in [1.807, 2.05) is 11.9 Å². The standard InChI is InChI=1S/C15H24N4O3/c1-19(15(14(16)20)6-2-3-7-15)10-12-17-13(22-18-12)11-4-8-21-9-5-11/h11H,2-10H2,1H3,(H2,16,20). The average Bonchev–Trinajstić information content (AvgIpc) is 3.18. The highest BCUT2D eigenvalue weighted by Crippen LogP contribution is 2.35. The minimum absolute atomic E-state index is 0.249. The third-order valence-corrected chi connectivity index (χ3v) is 5.05. The SMILES string of the molecule is CN(Cc1noc(C2CCOCC2)n1)C1(C(N)=O)CCCC1. The van der Waals surface area contributed by atoms with Gasteiger partial charge in [0, 0.05) is 19.1 Å². The summed E-state index contributed by atoms with van der Waals surface area (Å²) in [5.74, 6) is 1.35. The second-order valence-electron chi connectivity index (χ2n) is 6.39. The first-order valence-electron chi connectivity index (χ1n) is 8.03. The summed E-state index contributed by atoms with van der Waals surface area (Å²) in [5.41, 5.74) is 5.09. The fourth-order valence-electron chi connectivity index (χ4n) is 3.58. The van der Waals surface area contributed by atoms with Crippen molar-refractivity contribution in [2.75, 3.05) is 20.3 Å². The van der Waals surface area contributed by atoms with E-state index >= 15 is 0 Å². The molecule has 122 valence electrons. The molecule has 0 atom stereocenters. The average molecular weight is 308 g/mol. The van der Waals surface area contributed by atoms with E-state index in [1.165, 1.54) is 0 Å². The molecule has 0 aromatic carbocycles. The van der Waals surface area contributed by atoms with Crippen LogP contribution in [0.4, 0.5) is 0 Å². The summed E-state index contributed by atoms with van der Waals surface area (Å²) >= 11 is 0. The van der Waals surface area contributed by atoms with Crippen LogP contribution < -0.4 is 5.73 Å². The molecule has 1 aliphatic carbocycles. The number of primary amides is 1. The Morgan fingerprint density at radius 1 is 1.36 bits per heavy atom. The van der Waals surface area contributed by atoms with E-state index in [0.717, 1.165) is 51.7 Å². The molecule has 0 unspecified atom stereocenters. The molecule has 0 radical (unpaired) electrons. The fraction of sp³-hybridized carbons (Fsp3) is 0.800. The number of nitrogens with zero attached hydrogens (tertiary/aromatic N) is 3. The zero-order valence-electron chi connectivity index (χ0n) is 13.1. The number of carbonyl (C=O) groups is 1. The number of hydrogen-bond acceptors (Lipinski definition) is 6. The molecule has 22 heavy (non-hydrogen) atoms. The third-order valence-electron chi connectivity index (χ3n) is 5.05. The maximum atomic E-state index is 11.9. The number of nitrogens with two attached hydrogens (primary N) is 1. The number of ether oxygens (including phenoxy) is 1. The van der Waals surface area contributed by atoms with E-state index in [9.17, 15) is 4.79 Å².